The number of hydrogen-bond acceptors (Lipinski definition) is 3. The number of carbonyl (C=O) groups is 1. The number of anilines is 2. The van der Waals surface area contributed by atoms with Crippen LogP contribution in [0.5, 0.6) is 0 Å². The van der Waals surface area contributed by atoms with Crippen LogP contribution in [-0.4, -0.2) is 15.9 Å². The number of aromatic nitrogens is 2. The van der Waals surface area contributed by atoms with E-state index in [1.165, 1.54) is 0 Å². The minimum atomic E-state index is 0.0721. The van der Waals surface area contributed by atoms with Crippen LogP contribution in [0.1, 0.15) is 26.2 Å². The van der Waals surface area contributed by atoms with Crippen LogP contribution >= 0.6 is 0 Å². The van der Waals surface area contributed by atoms with Crippen molar-refractivity contribution in [1.29, 1.82) is 0 Å². The first-order valence-corrected chi connectivity index (χ1v) is 6.46. The molecule has 0 saturated carbocycles. The second kappa shape index (κ2) is 6.64. The highest BCUT2D eigenvalue weighted by Crippen LogP contribution is 2.24. The zero-order valence-electron chi connectivity index (χ0n) is 11.0. The molecule has 0 fully saturated rings. The van der Waals surface area contributed by atoms with Crippen molar-refractivity contribution < 1.29 is 4.79 Å². The average Bonchev–Trinajstić information content (AvgIpc) is 2.47. The van der Waals surface area contributed by atoms with Crippen molar-refractivity contribution in [3.05, 3.63) is 49.1 Å². The Kier molecular flexibility index (Phi) is 4.61. The summed E-state index contributed by atoms with van der Waals surface area (Å²) in [5, 5.41) is 0. The maximum atomic E-state index is 12.4. The van der Waals surface area contributed by atoms with E-state index in [-0.39, 0.29) is 5.91 Å². The third-order valence-corrected chi connectivity index (χ3v) is 2.80. The molecule has 2 aromatic heterocycles. The summed E-state index contributed by atoms with van der Waals surface area (Å²) in [5.41, 5.74) is 1.55. The second-order valence-electron chi connectivity index (χ2n) is 4.26. The highest BCUT2D eigenvalue weighted by Gasteiger charge is 2.17. The van der Waals surface area contributed by atoms with E-state index >= 15 is 0 Å². The zero-order valence-corrected chi connectivity index (χ0v) is 11.0. The normalized spacial score (nSPS) is 10.2. The Morgan fingerprint density at radius 2 is 1.68 bits per heavy atom. The summed E-state index contributed by atoms with van der Waals surface area (Å²) in [7, 11) is 0. The second-order valence-corrected chi connectivity index (χ2v) is 4.26. The first-order valence-electron chi connectivity index (χ1n) is 6.46. The van der Waals surface area contributed by atoms with E-state index in [0.29, 0.717) is 6.42 Å². The first-order chi connectivity index (χ1) is 9.33. The van der Waals surface area contributed by atoms with Gasteiger partial charge in [-0.05, 0) is 30.7 Å². The topological polar surface area (TPSA) is 46.1 Å². The summed E-state index contributed by atoms with van der Waals surface area (Å²) < 4.78 is 0. The van der Waals surface area contributed by atoms with Gasteiger partial charge in [0.15, 0.2) is 0 Å². The van der Waals surface area contributed by atoms with Crippen molar-refractivity contribution >= 4 is 17.3 Å². The Morgan fingerprint density at radius 1 is 1.11 bits per heavy atom. The van der Waals surface area contributed by atoms with E-state index in [9.17, 15) is 4.79 Å². The lowest BCUT2D eigenvalue weighted by Crippen LogP contribution is -2.25. The smallest absolute Gasteiger partial charge is 0.231 e. The molecule has 0 atom stereocenters. The molecule has 2 rings (SSSR count). The van der Waals surface area contributed by atoms with Gasteiger partial charge < -0.3 is 0 Å². The summed E-state index contributed by atoms with van der Waals surface area (Å²) >= 11 is 0. The van der Waals surface area contributed by atoms with Gasteiger partial charge in [0.1, 0.15) is 0 Å². The highest BCUT2D eigenvalue weighted by molar-refractivity contribution is 6.00. The molecular weight excluding hydrogens is 238 g/mol. The van der Waals surface area contributed by atoms with E-state index in [2.05, 4.69) is 16.9 Å². The molecule has 0 aliphatic rings. The summed E-state index contributed by atoms with van der Waals surface area (Å²) in [4.78, 5) is 22.2. The van der Waals surface area contributed by atoms with Crippen molar-refractivity contribution in [1.82, 2.24) is 9.97 Å². The van der Waals surface area contributed by atoms with Crippen LogP contribution in [0.15, 0.2) is 49.1 Å². The molecule has 2 aromatic rings. The molecule has 4 heteroatoms. The standard InChI is InChI=1S/C15H17N3O/c1-2-3-8-15(19)18(13-6-4-9-16-11-13)14-7-5-10-17-12-14/h4-7,9-12H,2-3,8H2,1H3. The van der Waals surface area contributed by atoms with E-state index in [0.717, 1.165) is 24.2 Å². The number of amides is 1. The molecule has 1 amide bonds. The molecule has 0 bridgehead atoms. The van der Waals surface area contributed by atoms with Crippen LogP contribution in [0.2, 0.25) is 0 Å². The van der Waals surface area contributed by atoms with Crippen molar-refractivity contribution in [2.24, 2.45) is 0 Å². The summed E-state index contributed by atoms with van der Waals surface area (Å²) in [6, 6.07) is 7.41. The van der Waals surface area contributed by atoms with Crippen LogP contribution in [0, 0.1) is 0 Å². The summed E-state index contributed by atoms with van der Waals surface area (Å²) in [6.45, 7) is 2.08. The van der Waals surface area contributed by atoms with Crippen LogP contribution in [0.25, 0.3) is 0 Å². The maximum Gasteiger partial charge on any atom is 0.231 e. The predicted molar refractivity (Wildman–Crippen MR) is 75.1 cm³/mol. The van der Waals surface area contributed by atoms with Gasteiger partial charge in [-0.15, -0.1) is 0 Å². The van der Waals surface area contributed by atoms with E-state index in [4.69, 9.17) is 0 Å². The first kappa shape index (κ1) is 13.2. The lowest BCUT2D eigenvalue weighted by molar-refractivity contribution is -0.118. The Hall–Kier alpha value is -2.23. The quantitative estimate of drug-likeness (QED) is 0.823. The SMILES string of the molecule is CCCCC(=O)N(c1cccnc1)c1cccnc1. The molecule has 0 aromatic carbocycles. The van der Waals surface area contributed by atoms with Crippen molar-refractivity contribution in [3.63, 3.8) is 0 Å². The molecule has 4 nitrogen and oxygen atoms in total. The molecule has 0 N–H and O–H groups in total. The van der Waals surface area contributed by atoms with Crippen LogP contribution in [0.4, 0.5) is 11.4 Å². The van der Waals surface area contributed by atoms with Gasteiger partial charge in [0.25, 0.3) is 0 Å². The van der Waals surface area contributed by atoms with Crippen molar-refractivity contribution in [3.8, 4) is 0 Å². The number of nitrogens with zero attached hydrogens (tertiary/aromatic N) is 3. The fourth-order valence-corrected chi connectivity index (χ4v) is 1.85. The fraction of sp³-hybridized carbons (Fsp3) is 0.267. The molecule has 98 valence electrons. The monoisotopic (exact) mass is 255 g/mol. The van der Waals surface area contributed by atoms with Gasteiger partial charge in [-0.2, -0.15) is 0 Å². The maximum absolute atomic E-state index is 12.4. The molecule has 19 heavy (non-hydrogen) atoms. The number of hydrogen-bond donors (Lipinski definition) is 0. The van der Waals surface area contributed by atoms with E-state index < -0.39 is 0 Å². The molecule has 0 aliphatic heterocycles. The Morgan fingerprint density at radius 3 is 2.11 bits per heavy atom. The fourth-order valence-electron chi connectivity index (χ4n) is 1.85. The Labute approximate surface area is 113 Å². The van der Waals surface area contributed by atoms with Gasteiger partial charge >= 0.3 is 0 Å². The number of rotatable bonds is 5. The molecule has 0 unspecified atom stereocenters. The van der Waals surface area contributed by atoms with Gasteiger partial charge in [0.2, 0.25) is 5.91 Å². The van der Waals surface area contributed by atoms with Crippen LogP contribution in [-0.2, 0) is 4.79 Å². The predicted octanol–water partition coefficient (Wildman–Crippen LogP) is 3.33. The molecule has 0 aliphatic carbocycles. The number of pyridine rings is 2. The van der Waals surface area contributed by atoms with Crippen molar-refractivity contribution in [2.45, 2.75) is 26.2 Å². The van der Waals surface area contributed by atoms with Crippen LogP contribution < -0.4 is 4.90 Å². The highest BCUT2D eigenvalue weighted by atomic mass is 16.2. The van der Waals surface area contributed by atoms with Gasteiger partial charge in [0, 0.05) is 18.8 Å². The van der Waals surface area contributed by atoms with Gasteiger partial charge in [-0.25, -0.2) is 0 Å². The zero-order chi connectivity index (χ0) is 13.5. The minimum absolute atomic E-state index is 0.0721. The summed E-state index contributed by atoms with van der Waals surface area (Å²) in [6.07, 6.45) is 9.19. The largest absolute Gasteiger partial charge is 0.278 e. The Balaban J connectivity index is 2.31. The molecule has 0 spiro atoms. The third kappa shape index (κ3) is 3.37. The average molecular weight is 255 g/mol. The van der Waals surface area contributed by atoms with E-state index in [1.54, 1.807) is 29.7 Å². The van der Waals surface area contributed by atoms with E-state index in [1.807, 2.05) is 24.3 Å². The van der Waals surface area contributed by atoms with Gasteiger partial charge in [0.05, 0.1) is 23.8 Å². The molecule has 0 saturated heterocycles. The summed E-state index contributed by atoms with van der Waals surface area (Å²) in [5.74, 6) is 0.0721. The lowest BCUT2D eigenvalue weighted by Gasteiger charge is -2.22. The molecular formula is C15H17N3O. The Bertz CT molecular complexity index is 474. The van der Waals surface area contributed by atoms with Gasteiger partial charge in [-0.3, -0.25) is 19.7 Å². The van der Waals surface area contributed by atoms with Crippen molar-refractivity contribution in [2.75, 3.05) is 4.90 Å². The van der Waals surface area contributed by atoms with Gasteiger partial charge in [-0.1, -0.05) is 13.3 Å². The third-order valence-electron chi connectivity index (χ3n) is 2.80. The molecule has 0 radical (unpaired) electrons. The number of unbranched alkanes of at least 4 members (excludes halogenated alkanes) is 1. The minimum Gasteiger partial charge on any atom is -0.278 e. The lowest BCUT2D eigenvalue weighted by atomic mass is 10.2. The number of carbonyl (C=O) groups excluding carboxylic acids is 1. The molecule has 2 heterocycles. The van der Waals surface area contributed by atoms with Crippen LogP contribution in [0.3, 0.4) is 0 Å².